The Morgan fingerprint density at radius 3 is 2.33 bits per heavy atom. The normalized spacial score (nSPS) is 9.60. The maximum Gasteiger partial charge on any atom is 0.269 e. The summed E-state index contributed by atoms with van der Waals surface area (Å²) in [6.45, 7) is 1.87. The van der Waals surface area contributed by atoms with Crippen LogP contribution >= 0.6 is 0 Å². The van der Waals surface area contributed by atoms with Gasteiger partial charge >= 0.3 is 0 Å². The average Bonchev–Trinajstić information content (AvgIpc) is 2.27. The van der Waals surface area contributed by atoms with Gasteiger partial charge in [0.15, 0.2) is 11.5 Å². The van der Waals surface area contributed by atoms with Crippen LogP contribution in [0.3, 0.4) is 0 Å². The van der Waals surface area contributed by atoms with E-state index < -0.39 is 5.91 Å². The minimum atomic E-state index is -0.412. The number of amides is 1. The molecule has 0 atom stereocenters. The highest BCUT2D eigenvalue weighted by Crippen LogP contribution is 2.33. The summed E-state index contributed by atoms with van der Waals surface area (Å²) < 4.78 is 10.3. The Hall–Kier alpha value is -1.75. The van der Waals surface area contributed by atoms with E-state index in [9.17, 15) is 4.79 Å². The minimum Gasteiger partial charge on any atom is -0.493 e. The van der Waals surface area contributed by atoms with Gasteiger partial charge in [0.05, 0.1) is 19.8 Å². The molecular formula is C10H14N2O3. The van der Waals surface area contributed by atoms with Crippen molar-refractivity contribution in [2.75, 3.05) is 14.2 Å². The van der Waals surface area contributed by atoms with E-state index in [1.54, 1.807) is 12.1 Å². The summed E-state index contributed by atoms with van der Waals surface area (Å²) in [5.41, 5.74) is 3.29. The fourth-order valence-corrected chi connectivity index (χ4v) is 1.37. The van der Waals surface area contributed by atoms with Gasteiger partial charge in [0.25, 0.3) is 5.91 Å². The summed E-state index contributed by atoms with van der Waals surface area (Å²) in [6.07, 6.45) is 0. The number of hydrogen-bond acceptors (Lipinski definition) is 4. The number of hydrogen-bond donors (Lipinski definition) is 2. The number of nitrogen functional groups attached to an aromatic ring is 1. The third-order valence-electron chi connectivity index (χ3n) is 2.09. The van der Waals surface area contributed by atoms with Gasteiger partial charge in [0.1, 0.15) is 0 Å². The van der Waals surface area contributed by atoms with E-state index in [0.29, 0.717) is 17.1 Å². The van der Waals surface area contributed by atoms with Gasteiger partial charge in [-0.25, -0.2) is 5.84 Å². The molecule has 0 aromatic heterocycles. The van der Waals surface area contributed by atoms with Crippen molar-refractivity contribution < 1.29 is 14.3 Å². The van der Waals surface area contributed by atoms with Crippen LogP contribution in [0.1, 0.15) is 15.9 Å². The number of carbonyl (C=O) groups excluding carboxylic acids is 1. The monoisotopic (exact) mass is 210 g/mol. The van der Waals surface area contributed by atoms with Crippen LogP contribution in [0.25, 0.3) is 0 Å². The van der Waals surface area contributed by atoms with Gasteiger partial charge in [-0.05, 0) is 18.6 Å². The standard InChI is InChI=1S/C10H14N2O3/c1-6-4-5-7(10(13)12-11)9(15-3)8(6)14-2/h4-5H,11H2,1-3H3,(H,12,13). The Kier molecular flexibility index (Phi) is 3.51. The summed E-state index contributed by atoms with van der Waals surface area (Å²) in [4.78, 5) is 11.4. The van der Waals surface area contributed by atoms with Crippen LogP contribution in [0.4, 0.5) is 0 Å². The molecular weight excluding hydrogens is 196 g/mol. The summed E-state index contributed by atoms with van der Waals surface area (Å²) >= 11 is 0. The molecule has 5 nitrogen and oxygen atoms in total. The number of ether oxygens (including phenoxy) is 2. The van der Waals surface area contributed by atoms with E-state index in [1.807, 2.05) is 6.92 Å². The van der Waals surface area contributed by atoms with Crippen molar-refractivity contribution >= 4 is 5.91 Å². The van der Waals surface area contributed by atoms with Crippen LogP contribution in [0.2, 0.25) is 0 Å². The molecule has 0 bridgehead atoms. The van der Waals surface area contributed by atoms with Gasteiger partial charge in [-0.2, -0.15) is 0 Å². The summed E-state index contributed by atoms with van der Waals surface area (Å²) in [7, 11) is 3.00. The molecule has 15 heavy (non-hydrogen) atoms. The van der Waals surface area contributed by atoms with E-state index in [1.165, 1.54) is 14.2 Å². The highest BCUT2D eigenvalue weighted by molar-refractivity contribution is 5.97. The third-order valence-corrected chi connectivity index (χ3v) is 2.09. The molecule has 0 aliphatic rings. The summed E-state index contributed by atoms with van der Waals surface area (Å²) in [6, 6.07) is 3.41. The molecule has 5 heteroatoms. The van der Waals surface area contributed by atoms with Gasteiger partial charge < -0.3 is 9.47 Å². The lowest BCUT2D eigenvalue weighted by atomic mass is 10.1. The molecule has 0 heterocycles. The van der Waals surface area contributed by atoms with Crippen molar-refractivity contribution in [2.45, 2.75) is 6.92 Å². The highest BCUT2D eigenvalue weighted by Gasteiger charge is 2.17. The Balaban J connectivity index is 3.35. The Labute approximate surface area is 88.1 Å². The molecule has 0 aliphatic carbocycles. The molecule has 0 spiro atoms. The molecule has 1 aromatic carbocycles. The number of nitrogens with two attached hydrogens (primary N) is 1. The number of hydrazine groups is 1. The van der Waals surface area contributed by atoms with Crippen molar-refractivity contribution in [2.24, 2.45) is 5.84 Å². The van der Waals surface area contributed by atoms with Crippen molar-refractivity contribution in [3.05, 3.63) is 23.3 Å². The SMILES string of the molecule is COc1c(C)ccc(C(=O)NN)c1OC. The Bertz CT molecular complexity index is 377. The molecule has 1 rings (SSSR count). The molecule has 0 saturated carbocycles. The third kappa shape index (κ3) is 2.02. The largest absolute Gasteiger partial charge is 0.493 e. The number of carbonyl (C=O) groups is 1. The molecule has 0 saturated heterocycles. The maximum absolute atomic E-state index is 11.4. The number of aryl methyl sites for hydroxylation is 1. The quantitative estimate of drug-likeness (QED) is 0.435. The van der Waals surface area contributed by atoms with E-state index >= 15 is 0 Å². The number of nitrogens with one attached hydrogen (secondary N) is 1. The number of methoxy groups -OCH3 is 2. The molecule has 0 radical (unpaired) electrons. The van der Waals surface area contributed by atoms with E-state index in [0.717, 1.165) is 5.56 Å². The average molecular weight is 210 g/mol. The van der Waals surface area contributed by atoms with Crippen LogP contribution in [-0.4, -0.2) is 20.1 Å². The Morgan fingerprint density at radius 2 is 1.87 bits per heavy atom. The topological polar surface area (TPSA) is 73.6 Å². The second-order valence-corrected chi connectivity index (χ2v) is 2.97. The van der Waals surface area contributed by atoms with Crippen LogP contribution in [-0.2, 0) is 0 Å². The fourth-order valence-electron chi connectivity index (χ4n) is 1.37. The molecule has 0 aliphatic heterocycles. The van der Waals surface area contributed by atoms with E-state index in [2.05, 4.69) is 5.43 Å². The van der Waals surface area contributed by atoms with E-state index in [-0.39, 0.29) is 0 Å². The maximum atomic E-state index is 11.4. The summed E-state index contributed by atoms with van der Waals surface area (Å²) in [5, 5.41) is 0. The first-order valence-electron chi connectivity index (χ1n) is 4.38. The van der Waals surface area contributed by atoms with Gasteiger partial charge in [0.2, 0.25) is 0 Å². The predicted molar refractivity (Wildman–Crippen MR) is 55.9 cm³/mol. The minimum absolute atomic E-state index is 0.349. The predicted octanol–water partition coefficient (Wildman–Crippen LogP) is 0.616. The first-order chi connectivity index (χ1) is 7.15. The number of rotatable bonds is 3. The van der Waals surface area contributed by atoms with Crippen LogP contribution in [0.15, 0.2) is 12.1 Å². The van der Waals surface area contributed by atoms with Crippen LogP contribution < -0.4 is 20.7 Å². The zero-order valence-electron chi connectivity index (χ0n) is 8.96. The number of benzene rings is 1. The van der Waals surface area contributed by atoms with Gasteiger partial charge in [-0.3, -0.25) is 10.2 Å². The molecule has 0 fully saturated rings. The van der Waals surface area contributed by atoms with E-state index in [4.69, 9.17) is 15.3 Å². The van der Waals surface area contributed by atoms with Gasteiger partial charge in [-0.1, -0.05) is 6.07 Å². The highest BCUT2D eigenvalue weighted by atomic mass is 16.5. The van der Waals surface area contributed by atoms with Gasteiger partial charge in [0, 0.05) is 0 Å². The lowest BCUT2D eigenvalue weighted by Gasteiger charge is -2.13. The lowest BCUT2D eigenvalue weighted by molar-refractivity contribution is 0.0950. The summed E-state index contributed by atoms with van der Waals surface area (Å²) in [5.74, 6) is 5.58. The fraction of sp³-hybridized carbons (Fsp3) is 0.300. The Morgan fingerprint density at radius 1 is 1.27 bits per heavy atom. The van der Waals surface area contributed by atoms with Gasteiger partial charge in [-0.15, -0.1) is 0 Å². The van der Waals surface area contributed by atoms with Crippen LogP contribution in [0.5, 0.6) is 11.5 Å². The molecule has 3 N–H and O–H groups in total. The lowest BCUT2D eigenvalue weighted by Crippen LogP contribution is -2.30. The van der Waals surface area contributed by atoms with Crippen molar-refractivity contribution in [3.8, 4) is 11.5 Å². The zero-order chi connectivity index (χ0) is 11.4. The van der Waals surface area contributed by atoms with Crippen LogP contribution in [0, 0.1) is 6.92 Å². The molecule has 82 valence electrons. The molecule has 1 amide bonds. The first-order valence-corrected chi connectivity index (χ1v) is 4.38. The van der Waals surface area contributed by atoms with Crippen molar-refractivity contribution in [1.29, 1.82) is 0 Å². The molecule has 1 aromatic rings. The smallest absolute Gasteiger partial charge is 0.269 e. The molecule has 0 unspecified atom stereocenters. The second kappa shape index (κ2) is 4.65. The van der Waals surface area contributed by atoms with Crippen molar-refractivity contribution in [3.63, 3.8) is 0 Å². The first kappa shape index (κ1) is 11.3. The zero-order valence-corrected chi connectivity index (χ0v) is 8.96. The second-order valence-electron chi connectivity index (χ2n) is 2.97. The van der Waals surface area contributed by atoms with Crippen molar-refractivity contribution in [1.82, 2.24) is 5.43 Å².